The van der Waals surface area contributed by atoms with Crippen molar-refractivity contribution in [1.29, 1.82) is 5.26 Å². The van der Waals surface area contributed by atoms with Crippen molar-refractivity contribution in [2.75, 3.05) is 10.6 Å². The molecule has 4 aromatic carbocycles. The average molecular weight is 555 g/mol. The summed E-state index contributed by atoms with van der Waals surface area (Å²) in [6.07, 6.45) is 1.25. The Morgan fingerprint density at radius 2 is 1.59 bits per heavy atom. The molecule has 0 aliphatic rings. The molecular weight excluding hydrogens is 535 g/mol. The van der Waals surface area contributed by atoms with Crippen LogP contribution in [0, 0.1) is 28.4 Å². The SMILES string of the molecule is Cc1cc(C(C#N)c2ccc(Cl)cc2)c(Cl)cc1Nc1ncnc(Nc2cccc3ccccc23)c1[N+](=O)[O-]. The fourth-order valence-corrected chi connectivity index (χ4v) is 4.76. The Balaban J connectivity index is 1.50. The molecule has 1 heterocycles. The van der Waals surface area contributed by atoms with Gasteiger partial charge in [0.2, 0.25) is 11.6 Å². The summed E-state index contributed by atoms with van der Waals surface area (Å²) in [6, 6.07) is 26.1. The van der Waals surface area contributed by atoms with E-state index in [4.69, 9.17) is 23.2 Å². The van der Waals surface area contributed by atoms with Crippen LogP contribution in [-0.2, 0) is 0 Å². The molecule has 0 saturated heterocycles. The number of benzene rings is 4. The first-order valence-electron chi connectivity index (χ1n) is 11.8. The number of nitriles is 1. The number of nitro groups is 1. The van der Waals surface area contributed by atoms with Crippen LogP contribution in [0.2, 0.25) is 10.0 Å². The molecule has 0 radical (unpaired) electrons. The summed E-state index contributed by atoms with van der Waals surface area (Å²) in [7, 11) is 0. The highest BCUT2D eigenvalue weighted by Gasteiger charge is 2.25. The monoisotopic (exact) mass is 554 g/mol. The van der Waals surface area contributed by atoms with E-state index in [1.165, 1.54) is 6.33 Å². The molecule has 192 valence electrons. The Morgan fingerprint density at radius 1 is 0.923 bits per heavy atom. The van der Waals surface area contributed by atoms with Gasteiger partial charge >= 0.3 is 5.69 Å². The van der Waals surface area contributed by atoms with Gasteiger partial charge < -0.3 is 10.6 Å². The smallest absolute Gasteiger partial charge is 0.334 e. The second-order valence-corrected chi connectivity index (χ2v) is 9.60. The van der Waals surface area contributed by atoms with Crippen molar-refractivity contribution in [2.24, 2.45) is 0 Å². The van der Waals surface area contributed by atoms with E-state index in [-0.39, 0.29) is 17.3 Å². The van der Waals surface area contributed by atoms with E-state index in [2.05, 4.69) is 26.7 Å². The van der Waals surface area contributed by atoms with E-state index in [0.717, 1.165) is 21.9 Å². The number of anilines is 4. The van der Waals surface area contributed by atoms with Crippen LogP contribution in [0.15, 0.2) is 85.2 Å². The van der Waals surface area contributed by atoms with Gasteiger partial charge in [-0.05, 0) is 53.3 Å². The number of halogens is 2. The average Bonchev–Trinajstić information content (AvgIpc) is 2.93. The maximum atomic E-state index is 12.2. The summed E-state index contributed by atoms with van der Waals surface area (Å²) in [5.74, 6) is -0.576. The molecule has 2 N–H and O–H groups in total. The third kappa shape index (κ3) is 5.32. The highest BCUT2D eigenvalue weighted by Crippen LogP contribution is 2.38. The molecule has 0 spiro atoms. The number of aromatic nitrogens is 2. The molecule has 5 rings (SSSR count). The predicted molar refractivity (Wildman–Crippen MR) is 154 cm³/mol. The molecule has 8 nitrogen and oxygen atoms in total. The zero-order chi connectivity index (χ0) is 27.5. The van der Waals surface area contributed by atoms with Crippen LogP contribution in [-0.4, -0.2) is 14.9 Å². The van der Waals surface area contributed by atoms with Crippen molar-refractivity contribution in [3.8, 4) is 6.07 Å². The Kier molecular flexibility index (Phi) is 7.28. The lowest BCUT2D eigenvalue weighted by atomic mass is 9.91. The summed E-state index contributed by atoms with van der Waals surface area (Å²) >= 11 is 12.6. The first-order chi connectivity index (χ1) is 18.9. The third-order valence-corrected chi connectivity index (χ3v) is 6.87. The molecule has 5 aromatic rings. The van der Waals surface area contributed by atoms with Gasteiger partial charge in [0.1, 0.15) is 6.33 Å². The summed E-state index contributed by atoms with van der Waals surface area (Å²) in [4.78, 5) is 19.9. The lowest BCUT2D eigenvalue weighted by molar-refractivity contribution is -0.383. The van der Waals surface area contributed by atoms with Gasteiger partial charge in [-0.1, -0.05) is 77.8 Å². The van der Waals surface area contributed by atoms with Crippen molar-refractivity contribution in [2.45, 2.75) is 12.8 Å². The third-order valence-electron chi connectivity index (χ3n) is 6.29. The van der Waals surface area contributed by atoms with E-state index < -0.39 is 10.8 Å². The molecule has 0 bridgehead atoms. The van der Waals surface area contributed by atoms with Crippen molar-refractivity contribution in [1.82, 2.24) is 9.97 Å². The molecule has 1 unspecified atom stereocenters. The molecular formula is C29H20Cl2N6O2. The van der Waals surface area contributed by atoms with Crippen molar-refractivity contribution in [3.63, 3.8) is 0 Å². The summed E-state index contributed by atoms with van der Waals surface area (Å²) in [5.41, 5.74) is 2.95. The number of nitrogens with one attached hydrogen (secondary N) is 2. The van der Waals surface area contributed by atoms with E-state index in [9.17, 15) is 15.4 Å². The Labute approximate surface area is 234 Å². The molecule has 39 heavy (non-hydrogen) atoms. The Bertz CT molecular complexity index is 1750. The normalized spacial score (nSPS) is 11.5. The molecule has 10 heteroatoms. The number of nitrogens with zero attached hydrogens (tertiary/aromatic N) is 4. The van der Waals surface area contributed by atoms with Crippen LogP contribution in [0.4, 0.5) is 28.7 Å². The summed E-state index contributed by atoms with van der Waals surface area (Å²) in [5, 5.41) is 31.0. The molecule has 0 saturated carbocycles. The van der Waals surface area contributed by atoms with Gasteiger partial charge in [-0.3, -0.25) is 10.1 Å². The number of aryl methyl sites for hydroxylation is 1. The van der Waals surface area contributed by atoms with Gasteiger partial charge in [0.05, 0.1) is 16.9 Å². The quantitative estimate of drug-likeness (QED) is 0.153. The van der Waals surface area contributed by atoms with E-state index in [1.807, 2.05) is 49.4 Å². The minimum Gasteiger partial charge on any atom is -0.334 e. The van der Waals surface area contributed by atoms with Crippen LogP contribution in [0.25, 0.3) is 10.8 Å². The number of hydrogen-bond acceptors (Lipinski definition) is 7. The van der Waals surface area contributed by atoms with Crippen LogP contribution in [0.5, 0.6) is 0 Å². The number of rotatable bonds is 7. The molecule has 1 aromatic heterocycles. The van der Waals surface area contributed by atoms with Crippen LogP contribution in [0.3, 0.4) is 0 Å². The highest BCUT2D eigenvalue weighted by molar-refractivity contribution is 6.32. The van der Waals surface area contributed by atoms with Crippen LogP contribution >= 0.6 is 23.2 Å². The first-order valence-corrected chi connectivity index (χ1v) is 12.6. The maximum Gasteiger partial charge on any atom is 0.353 e. The highest BCUT2D eigenvalue weighted by atomic mass is 35.5. The fourth-order valence-electron chi connectivity index (χ4n) is 4.36. The minimum atomic E-state index is -0.618. The fraction of sp³-hybridized carbons (Fsp3) is 0.0690. The van der Waals surface area contributed by atoms with Gasteiger partial charge in [-0.15, -0.1) is 0 Å². The Morgan fingerprint density at radius 3 is 2.28 bits per heavy atom. The van der Waals surface area contributed by atoms with Crippen molar-refractivity contribution in [3.05, 3.63) is 122 Å². The van der Waals surface area contributed by atoms with Crippen molar-refractivity contribution >= 4 is 62.7 Å². The second kappa shape index (κ2) is 11.0. The van der Waals surface area contributed by atoms with E-state index in [0.29, 0.717) is 27.0 Å². The summed E-state index contributed by atoms with van der Waals surface area (Å²) in [6.45, 7) is 1.82. The standard InChI is InChI=1S/C29H20Cl2N6O2/c1-17-13-22(23(15-32)19-9-11-20(30)12-10-19)24(31)14-26(17)36-29-27(37(38)39)28(33-16-34-29)35-25-8-4-6-18-5-2-3-7-21(18)25/h2-14,16,23H,1H3,(H2,33,34,35,36). The zero-order valence-corrected chi connectivity index (χ0v) is 22.0. The van der Waals surface area contributed by atoms with Gasteiger partial charge in [0, 0.05) is 26.8 Å². The minimum absolute atomic E-state index is 0.000752. The van der Waals surface area contributed by atoms with Gasteiger partial charge in [-0.25, -0.2) is 9.97 Å². The lowest BCUT2D eigenvalue weighted by Gasteiger charge is -2.17. The van der Waals surface area contributed by atoms with Gasteiger partial charge in [0.25, 0.3) is 0 Å². The summed E-state index contributed by atoms with van der Waals surface area (Å²) < 4.78 is 0. The molecule has 0 fully saturated rings. The van der Waals surface area contributed by atoms with Crippen LogP contribution in [0.1, 0.15) is 22.6 Å². The largest absolute Gasteiger partial charge is 0.353 e. The van der Waals surface area contributed by atoms with Gasteiger partial charge in [-0.2, -0.15) is 5.26 Å². The zero-order valence-electron chi connectivity index (χ0n) is 20.5. The number of fused-ring (bicyclic) bond motifs is 1. The molecule has 0 aliphatic heterocycles. The van der Waals surface area contributed by atoms with Crippen molar-refractivity contribution < 1.29 is 4.92 Å². The predicted octanol–water partition coefficient (Wildman–Crippen LogP) is 8.30. The maximum absolute atomic E-state index is 12.2. The number of hydrogen-bond donors (Lipinski definition) is 2. The molecule has 0 amide bonds. The molecule has 1 atom stereocenters. The van der Waals surface area contributed by atoms with Gasteiger partial charge in [0.15, 0.2) is 0 Å². The molecule has 0 aliphatic carbocycles. The van der Waals surface area contributed by atoms with Crippen LogP contribution < -0.4 is 10.6 Å². The Hall–Kier alpha value is -4.71. The second-order valence-electron chi connectivity index (χ2n) is 8.76. The van der Waals surface area contributed by atoms with E-state index in [1.54, 1.807) is 36.4 Å². The lowest BCUT2D eigenvalue weighted by Crippen LogP contribution is -2.07. The van der Waals surface area contributed by atoms with E-state index >= 15 is 0 Å². The topological polar surface area (TPSA) is 117 Å². The first kappa shape index (κ1) is 25.9.